The molecule has 200 valence electrons. The Balaban J connectivity index is 1.32. The molecule has 0 radical (unpaired) electrons. The normalized spacial score (nSPS) is 15.1. The SMILES string of the molecule is COc1ccc(C2=NN(C(=O)COC(=O)c3ccccc3NS(=O)(=O)c3cccs3)[C@@H](c3ccco3)C2)cc1. The van der Waals surface area contributed by atoms with Gasteiger partial charge in [-0.05, 0) is 65.5 Å². The molecule has 2 aromatic carbocycles. The van der Waals surface area contributed by atoms with Crippen molar-refractivity contribution in [1.29, 1.82) is 0 Å². The van der Waals surface area contributed by atoms with Gasteiger partial charge in [0, 0.05) is 6.42 Å². The van der Waals surface area contributed by atoms with E-state index < -0.39 is 34.5 Å². The number of benzene rings is 2. The average Bonchev–Trinajstić information content (AvgIpc) is 3.74. The predicted molar refractivity (Wildman–Crippen MR) is 144 cm³/mol. The number of anilines is 1. The number of hydrazone groups is 1. The van der Waals surface area contributed by atoms with E-state index in [9.17, 15) is 18.0 Å². The summed E-state index contributed by atoms with van der Waals surface area (Å²) in [6, 6.07) is 19.3. The Labute approximate surface area is 228 Å². The van der Waals surface area contributed by atoms with E-state index in [1.165, 1.54) is 29.5 Å². The van der Waals surface area contributed by atoms with Crippen molar-refractivity contribution in [1.82, 2.24) is 5.01 Å². The van der Waals surface area contributed by atoms with Gasteiger partial charge in [-0.15, -0.1) is 11.3 Å². The van der Waals surface area contributed by atoms with Gasteiger partial charge in [0.05, 0.1) is 30.3 Å². The maximum Gasteiger partial charge on any atom is 0.340 e. The number of nitrogens with one attached hydrogen (secondary N) is 1. The van der Waals surface area contributed by atoms with Gasteiger partial charge >= 0.3 is 5.97 Å². The highest BCUT2D eigenvalue weighted by molar-refractivity contribution is 7.94. The highest BCUT2D eigenvalue weighted by atomic mass is 32.2. The van der Waals surface area contributed by atoms with Crippen LogP contribution < -0.4 is 9.46 Å². The van der Waals surface area contributed by atoms with E-state index in [1.807, 2.05) is 12.1 Å². The van der Waals surface area contributed by atoms with E-state index in [4.69, 9.17) is 13.9 Å². The summed E-state index contributed by atoms with van der Waals surface area (Å²) < 4.78 is 43.9. The van der Waals surface area contributed by atoms with Crippen LogP contribution in [0.3, 0.4) is 0 Å². The van der Waals surface area contributed by atoms with Crippen LogP contribution in [0.25, 0.3) is 0 Å². The Bertz CT molecular complexity index is 1600. The van der Waals surface area contributed by atoms with Gasteiger partial charge in [0.15, 0.2) is 6.61 Å². The first kappa shape index (κ1) is 26.2. The third-order valence-corrected chi connectivity index (χ3v) is 8.70. The van der Waals surface area contributed by atoms with Gasteiger partial charge in [-0.25, -0.2) is 18.2 Å². The van der Waals surface area contributed by atoms with Gasteiger partial charge in [0.1, 0.15) is 21.8 Å². The number of furan rings is 1. The number of amides is 1. The molecule has 0 unspecified atom stereocenters. The molecular formula is C27H23N3O7S2. The van der Waals surface area contributed by atoms with Gasteiger partial charge in [0.2, 0.25) is 0 Å². The number of ether oxygens (including phenoxy) is 2. The number of rotatable bonds is 9. The minimum absolute atomic E-state index is 0.0307. The lowest BCUT2D eigenvalue weighted by atomic mass is 10.0. The molecule has 0 aliphatic carbocycles. The number of thiophene rings is 1. The van der Waals surface area contributed by atoms with Gasteiger partial charge in [-0.3, -0.25) is 9.52 Å². The number of nitrogens with zero attached hydrogens (tertiary/aromatic N) is 2. The van der Waals surface area contributed by atoms with E-state index >= 15 is 0 Å². The van der Waals surface area contributed by atoms with Gasteiger partial charge in [-0.2, -0.15) is 5.10 Å². The third kappa shape index (κ3) is 5.71. The molecule has 0 bridgehead atoms. The maximum atomic E-state index is 13.2. The smallest absolute Gasteiger partial charge is 0.340 e. The fourth-order valence-electron chi connectivity index (χ4n) is 4.03. The first-order valence-corrected chi connectivity index (χ1v) is 14.1. The van der Waals surface area contributed by atoms with E-state index in [-0.39, 0.29) is 15.5 Å². The second kappa shape index (κ2) is 11.1. The molecule has 1 atom stereocenters. The molecule has 4 aromatic rings. The van der Waals surface area contributed by atoms with Crippen LogP contribution in [0.5, 0.6) is 5.75 Å². The van der Waals surface area contributed by atoms with Gasteiger partial charge < -0.3 is 13.9 Å². The molecule has 0 spiro atoms. The van der Waals surface area contributed by atoms with E-state index in [0.29, 0.717) is 23.6 Å². The van der Waals surface area contributed by atoms with Gasteiger partial charge in [-0.1, -0.05) is 18.2 Å². The Morgan fingerprint density at radius 3 is 2.56 bits per heavy atom. The van der Waals surface area contributed by atoms with Crippen molar-refractivity contribution in [2.45, 2.75) is 16.7 Å². The molecule has 1 amide bonds. The molecule has 12 heteroatoms. The number of hydrogen-bond acceptors (Lipinski definition) is 9. The third-order valence-electron chi connectivity index (χ3n) is 5.94. The molecule has 0 fully saturated rings. The van der Waals surface area contributed by atoms with Crippen LogP contribution in [-0.2, 0) is 19.6 Å². The van der Waals surface area contributed by atoms with E-state index in [2.05, 4.69) is 9.82 Å². The summed E-state index contributed by atoms with van der Waals surface area (Å²) >= 11 is 1.05. The summed E-state index contributed by atoms with van der Waals surface area (Å²) in [6.45, 7) is -0.610. The molecule has 5 rings (SSSR count). The second-order valence-corrected chi connectivity index (χ2v) is 11.3. The van der Waals surface area contributed by atoms with Crippen molar-refractivity contribution < 1.29 is 31.9 Å². The Hall–Kier alpha value is -4.42. The molecular weight excluding hydrogens is 542 g/mol. The van der Waals surface area contributed by atoms with Crippen molar-refractivity contribution in [2.75, 3.05) is 18.4 Å². The summed E-state index contributed by atoms with van der Waals surface area (Å²) in [7, 11) is -2.31. The van der Waals surface area contributed by atoms with Crippen LogP contribution in [0, 0.1) is 0 Å². The summed E-state index contributed by atoms with van der Waals surface area (Å²) in [5.74, 6) is -0.196. The van der Waals surface area contributed by atoms with Crippen LogP contribution in [0.1, 0.15) is 34.1 Å². The summed E-state index contributed by atoms with van der Waals surface area (Å²) in [5, 5.41) is 7.40. The lowest BCUT2D eigenvalue weighted by molar-refractivity contribution is -0.136. The van der Waals surface area contributed by atoms with Crippen LogP contribution >= 0.6 is 11.3 Å². The number of sulfonamides is 1. The molecule has 39 heavy (non-hydrogen) atoms. The minimum atomic E-state index is -3.89. The lowest BCUT2D eigenvalue weighted by Crippen LogP contribution is -2.31. The van der Waals surface area contributed by atoms with Crippen LogP contribution in [0.15, 0.2) is 98.2 Å². The van der Waals surface area contributed by atoms with Crippen LogP contribution in [0.2, 0.25) is 0 Å². The van der Waals surface area contributed by atoms with Crippen molar-refractivity contribution in [3.05, 3.63) is 101 Å². The molecule has 3 heterocycles. The standard InChI is InChI=1S/C27H23N3O7S2/c1-35-19-12-10-18(11-13-19)22-16-23(24-8-4-14-36-24)30(28-22)25(31)17-37-27(32)20-6-2-3-7-21(20)29-39(33,34)26-9-5-15-38-26/h2-15,23,29H,16-17H2,1H3/t23-/m1/s1. The summed E-state index contributed by atoms with van der Waals surface area (Å²) in [6.07, 6.45) is 1.91. The van der Waals surface area contributed by atoms with E-state index in [0.717, 1.165) is 16.9 Å². The molecule has 2 aromatic heterocycles. The Morgan fingerprint density at radius 2 is 1.87 bits per heavy atom. The van der Waals surface area contributed by atoms with Crippen molar-refractivity contribution in [2.24, 2.45) is 5.10 Å². The Morgan fingerprint density at radius 1 is 1.08 bits per heavy atom. The molecule has 1 N–H and O–H groups in total. The number of carbonyl (C=O) groups excluding carboxylic acids is 2. The zero-order valence-electron chi connectivity index (χ0n) is 20.6. The fraction of sp³-hybridized carbons (Fsp3) is 0.148. The van der Waals surface area contributed by atoms with Crippen molar-refractivity contribution in [3.63, 3.8) is 0 Å². The first-order chi connectivity index (χ1) is 18.9. The highest BCUT2D eigenvalue weighted by Gasteiger charge is 2.35. The maximum absolute atomic E-state index is 13.2. The largest absolute Gasteiger partial charge is 0.497 e. The number of methoxy groups -OCH3 is 1. The number of hydrogen-bond donors (Lipinski definition) is 1. The predicted octanol–water partition coefficient (Wildman–Crippen LogP) is 4.69. The Kier molecular flexibility index (Phi) is 7.48. The molecule has 1 aliphatic rings. The van der Waals surface area contributed by atoms with Crippen LogP contribution in [-0.4, -0.2) is 44.7 Å². The molecule has 0 saturated carbocycles. The minimum Gasteiger partial charge on any atom is -0.497 e. The van der Waals surface area contributed by atoms with Crippen molar-refractivity contribution >= 4 is 44.6 Å². The quantitative estimate of drug-likeness (QED) is 0.292. The lowest BCUT2D eigenvalue weighted by Gasteiger charge is -2.20. The average molecular weight is 566 g/mol. The molecule has 1 aliphatic heterocycles. The number of para-hydroxylation sites is 1. The highest BCUT2D eigenvalue weighted by Crippen LogP contribution is 2.33. The molecule has 10 nitrogen and oxygen atoms in total. The number of carbonyl (C=O) groups is 2. The number of esters is 1. The monoisotopic (exact) mass is 565 g/mol. The van der Waals surface area contributed by atoms with Crippen molar-refractivity contribution in [3.8, 4) is 5.75 Å². The van der Waals surface area contributed by atoms with Crippen LogP contribution in [0.4, 0.5) is 5.69 Å². The summed E-state index contributed by atoms with van der Waals surface area (Å²) in [5.41, 5.74) is 1.48. The fourth-order valence-corrected chi connectivity index (χ4v) is 6.11. The molecule has 0 saturated heterocycles. The topological polar surface area (TPSA) is 128 Å². The zero-order valence-corrected chi connectivity index (χ0v) is 22.3. The van der Waals surface area contributed by atoms with Gasteiger partial charge in [0.25, 0.3) is 15.9 Å². The summed E-state index contributed by atoms with van der Waals surface area (Å²) in [4.78, 5) is 26.1. The zero-order chi connectivity index (χ0) is 27.4. The first-order valence-electron chi connectivity index (χ1n) is 11.8. The second-order valence-electron chi connectivity index (χ2n) is 8.41. The van der Waals surface area contributed by atoms with E-state index in [1.54, 1.807) is 55.0 Å².